The minimum absolute atomic E-state index is 0.000531. The highest BCUT2D eigenvalue weighted by Gasteiger charge is 2.19. The summed E-state index contributed by atoms with van der Waals surface area (Å²) in [6.07, 6.45) is 1.39. The number of rotatable bonds is 8. The standard InChI is InChI=1S/C25H22N2O5S/c1-3-31-24-16-19(12-13-23(24)32-33(29,30)22-10-5-4-6-11-22)15-20(17-26)25(28)27-21-9-7-8-18(2)14-21/h4-16H,3H2,1-2H3,(H,27,28)/b20-15+. The zero-order valence-corrected chi connectivity index (χ0v) is 18.9. The molecular formula is C25H22N2O5S. The van der Waals surface area contributed by atoms with Crippen LogP contribution in [-0.4, -0.2) is 20.9 Å². The van der Waals surface area contributed by atoms with Gasteiger partial charge in [-0.1, -0.05) is 36.4 Å². The maximum Gasteiger partial charge on any atom is 0.339 e. The Morgan fingerprint density at radius 1 is 1.03 bits per heavy atom. The molecule has 0 saturated carbocycles. The molecule has 33 heavy (non-hydrogen) atoms. The second-order valence-electron chi connectivity index (χ2n) is 6.98. The second-order valence-corrected chi connectivity index (χ2v) is 8.53. The van der Waals surface area contributed by atoms with Gasteiger partial charge in [-0.2, -0.15) is 13.7 Å². The molecule has 0 spiro atoms. The molecule has 1 N–H and O–H groups in total. The average molecular weight is 463 g/mol. The molecular weight excluding hydrogens is 440 g/mol. The van der Waals surface area contributed by atoms with E-state index in [0.29, 0.717) is 11.3 Å². The van der Waals surface area contributed by atoms with E-state index >= 15 is 0 Å². The molecule has 3 aromatic rings. The van der Waals surface area contributed by atoms with E-state index in [9.17, 15) is 18.5 Å². The van der Waals surface area contributed by atoms with E-state index in [2.05, 4.69) is 5.32 Å². The van der Waals surface area contributed by atoms with Crippen LogP contribution in [0.1, 0.15) is 18.1 Å². The quantitative estimate of drug-likeness (QED) is 0.295. The largest absolute Gasteiger partial charge is 0.490 e. The van der Waals surface area contributed by atoms with Crippen LogP contribution in [0, 0.1) is 18.3 Å². The summed E-state index contributed by atoms with van der Waals surface area (Å²) in [6.45, 7) is 3.90. The molecule has 168 valence electrons. The third-order valence-corrected chi connectivity index (χ3v) is 5.70. The summed E-state index contributed by atoms with van der Waals surface area (Å²) in [4.78, 5) is 12.6. The molecule has 0 unspecified atom stereocenters. The Kier molecular flexibility index (Phi) is 7.49. The Morgan fingerprint density at radius 3 is 2.45 bits per heavy atom. The maximum atomic E-state index is 12.6. The lowest BCUT2D eigenvalue weighted by Gasteiger charge is -2.13. The summed E-state index contributed by atoms with van der Waals surface area (Å²) in [6, 6.07) is 21.3. The lowest BCUT2D eigenvalue weighted by Crippen LogP contribution is -2.13. The number of benzene rings is 3. The van der Waals surface area contributed by atoms with Gasteiger partial charge in [0.25, 0.3) is 5.91 Å². The summed E-state index contributed by atoms with van der Waals surface area (Å²) in [5.74, 6) is -0.393. The first-order chi connectivity index (χ1) is 15.8. The van der Waals surface area contributed by atoms with E-state index in [4.69, 9.17) is 8.92 Å². The molecule has 0 fully saturated rings. The first kappa shape index (κ1) is 23.6. The number of nitrogens with one attached hydrogen (secondary N) is 1. The molecule has 0 aliphatic carbocycles. The second kappa shape index (κ2) is 10.5. The van der Waals surface area contributed by atoms with Crippen molar-refractivity contribution < 1.29 is 22.1 Å². The number of nitriles is 1. The number of carbonyl (C=O) groups excluding carboxylic acids is 1. The van der Waals surface area contributed by atoms with Gasteiger partial charge < -0.3 is 14.2 Å². The Morgan fingerprint density at radius 2 is 1.79 bits per heavy atom. The van der Waals surface area contributed by atoms with Crippen molar-refractivity contribution in [1.29, 1.82) is 5.26 Å². The highest BCUT2D eigenvalue weighted by molar-refractivity contribution is 7.87. The highest BCUT2D eigenvalue weighted by Crippen LogP contribution is 2.32. The van der Waals surface area contributed by atoms with E-state index in [-0.39, 0.29) is 28.6 Å². The first-order valence-electron chi connectivity index (χ1n) is 10.1. The van der Waals surface area contributed by atoms with Crippen LogP contribution in [0.25, 0.3) is 6.08 Å². The molecule has 1 amide bonds. The lowest BCUT2D eigenvalue weighted by atomic mass is 10.1. The van der Waals surface area contributed by atoms with Crippen molar-refractivity contribution in [3.63, 3.8) is 0 Å². The SMILES string of the molecule is CCOc1cc(/C=C(\C#N)C(=O)Nc2cccc(C)c2)ccc1OS(=O)(=O)c1ccccc1. The fourth-order valence-electron chi connectivity index (χ4n) is 2.94. The minimum Gasteiger partial charge on any atom is -0.490 e. The molecule has 8 heteroatoms. The molecule has 0 radical (unpaired) electrons. The Balaban J connectivity index is 1.87. The number of aryl methyl sites for hydroxylation is 1. The van der Waals surface area contributed by atoms with Crippen LogP contribution in [0.4, 0.5) is 5.69 Å². The van der Waals surface area contributed by atoms with Gasteiger partial charge in [0.1, 0.15) is 16.5 Å². The van der Waals surface area contributed by atoms with Crippen LogP contribution in [0.2, 0.25) is 0 Å². The number of nitrogens with zero attached hydrogens (tertiary/aromatic N) is 1. The highest BCUT2D eigenvalue weighted by atomic mass is 32.2. The topological polar surface area (TPSA) is 105 Å². The fourth-order valence-corrected chi connectivity index (χ4v) is 3.90. The van der Waals surface area contributed by atoms with Crippen LogP contribution >= 0.6 is 0 Å². The number of hydrogen-bond donors (Lipinski definition) is 1. The van der Waals surface area contributed by atoms with Crippen LogP contribution in [0.15, 0.2) is 83.3 Å². The summed E-state index contributed by atoms with van der Waals surface area (Å²) < 4.78 is 36.0. The zero-order valence-electron chi connectivity index (χ0n) is 18.1. The van der Waals surface area contributed by atoms with Gasteiger partial charge in [-0.25, -0.2) is 0 Å². The molecule has 0 atom stereocenters. The number of amides is 1. The zero-order chi connectivity index (χ0) is 23.8. The number of anilines is 1. The van der Waals surface area contributed by atoms with Crippen LogP contribution in [0.5, 0.6) is 11.5 Å². The van der Waals surface area contributed by atoms with Crippen molar-refractivity contribution in [1.82, 2.24) is 0 Å². The predicted molar refractivity (Wildman–Crippen MR) is 125 cm³/mol. The normalized spacial score (nSPS) is 11.4. The summed E-state index contributed by atoms with van der Waals surface area (Å²) in [7, 11) is -4.06. The van der Waals surface area contributed by atoms with Gasteiger partial charge in [0.2, 0.25) is 0 Å². The number of ether oxygens (including phenoxy) is 1. The molecule has 0 heterocycles. The molecule has 3 rings (SSSR count). The van der Waals surface area contributed by atoms with Gasteiger partial charge in [0.05, 0.1) is 6.61 Å². The van der Waals surface area contributed by atoms with E-state index < -0.39 is 16.0 Å². The Bertz CT molecular complexity index is 1330. The van der Waals surface area contributed by atoms with Crippen LogP contribution in [-0.2, 0) is 14.9 Å². The Labute approximate surface area is 193 Å². The molecule has 0 bridgehead atoms. The Hall–Kier alpha value is -4.09. The van der Waals surface area contributed by atoms with E-state index in [1.54, 1.807) is 43.3 Å². The molecule has 0 aliphatic rings. The van der Waals surface area contributed by atoms with Crippen molar-refractivity contribution in [2.24, 2.45) is 0 Å². The van der Waals surface area contributed by atoms with Crippen molar-refractivity contribution >= 4 is 27.8 Å². The number of hydrogen-bond acceptors (Lipinski definition) is 6. The smallest absolute Gasteiger partial charge is 0.339 e. The van der Waals surface area contributed by atoms with E-state index in [1.807, 2.05) is 19.1 Å². The number of carbonyl (C=O) groups is 1. The summed E-state index contributed by atoms with van der Waals surface area (Å²) in [5.41, 5.74) is 1.90. The summed E-state index contributed by atoms with van der Waals surface area (Å²) in [5, 5.41) is 12.2. The maximum absolute atomic E-state index is 12.6. The van der Waals surface area contributed by atoms with Crippen molar-refractivity contribution in [3.05, 3.63) is 89.5 Å². The van der Waals surface area contributed by atoms with Gasteiger partial charge in [-0.3, -0.25) is 4.79 Å². The molecule has 7 nitrogen and oxygen atoms in total. The lowest BCUT2D eigenvalue weighted by molar-refractivity contribution is -0.112. The molecule has 0 aliphatic heterocycles. The van der Waals surface area contributed by atoms with Gasteiger partial charge in [-0.15, -0.1) is 0 Å². The van der Waals surface area contributed by atoms with Crippen molar-refractivity contribution in [2.75, 3.05) is 11.9 Å². The van der Waals surface area contributed by atoms with Crippen LogP contribution < -0.4 is 14.2 Å². The van der Waals surface area contributed by atoms with Gasteiger partial charge in [0.15, 0.2) is 11.5 Å². The van der Waals surface area contributed by atoms with Gasteiger partial charge in [-0.05, 0) is 67.4 Å². The molecule has 3 aromatic carbocycles. The van der Waals surface area contributed by atoms with Crippen molar-refractivity contribution in [3.8, 4) is 17.6 Å². The van der Waals surface area contributed by atoms with Crippen LogP contribution in [0.3, 0.4) is 0 Å². The average Bonchev–Trinajstić information content (AvgIpc) is 2.79. The van der Waals surface area contributed by atoms with Gasteiger partial charge >= 0.3 is 10.1 Å². The summed E-state index contributed by atoms with van der Waals surface area (Å²) >= 11 is 0. The monoisotopic (exact) mass is 462 g/mol. The third-order valence-electron chi connectivity index (χ3n) is 4.45. The minimum atomic E-state index is -4.06. The van der Waals surface area contributed by atoms with Crippen molar-refractivity contribution in [2.45, 2.75) is 18.7 Å². The molecule has 0 saturated heterocycles. The van der Waals surface area contributed by atoms with E-state index in [0.717, 1.165) is 5.56 Å². The third kappa shape index (κ3) is 6.21. The first-order valence-corrected chi connectivity index (χ1v) is 11.5. The molecule has 0 aromatic heterocycles. The predicted octanol–water partition coefficient (Wildman–Crippen LogP) is 4.71. The fraction of sp³-hybridized carbons (Fsp3) is 0.120. The van der Waals surface area contributed by atoms with Gasteiger partial charge in [0, 0.05) is 5.69 Å². The van der Waals surface area contributed by atoms with E-state index in [1.165, 1.54) is 36.4 Å².